The van der Waals surface area contributed by atoms with Gasteiger partial charge in [0.05, 0.1) is 18.5 Å². The first-order valence-electron chi connectivity index (χ1n) is 12.2. The minimum Gasteiger partial charge on any atom is -0.352 e. The molecular weight excluding hydrogens is 450 g/mol. The van der Waals surface area contributed by atoms with Crippen molar-refractivity contribution in [2.75, 3.05) is 0 Å². The van der Waals surface area contributed by atoms with E-state index in [4.69, 9.17) is 0 Å². The number of hydrogen-bond acceptors (Lipinski definition) is 4. The Balaban J connectivity index is 1.30. The number of carbonyl (C=O) groups is 2. The Labute approximate surface area is 210 Å². The van der Waals surface area contributed by atoms with Crippen LogP contribution in [-0.4, -0.2) is 31.5 Å². The van der Waals surface area contributed by atoms with Crippen molar-refractivity contribution in [3.05, 3.63) is 120 Å². The highest BCUT2D eigenvalue weighted by atomic mass is 16.2. The van der Waals surface area contributed by atoms with Gasteiger partial charge in [-0.25, -0.2) is 9.67 Å². The van der Waals surface area contributed by atoms with E-state index in [0.29, 0.717) is 32.5 Å². The Morgan fingerprint density at radius 1 is 0.861 bits per heavy atom. The second-order valence-corrected chi connectivity index (χ2v) is 9.14. The van der Waals surface area contributed by atoms with Gasteiger partial charge in [0.15, 0.2) is 0 Å². The minimum atomic E-state index is -0.319. The van der Waals surface area contributed by atoms with Gasteiger partial charge in [-0.3, -0.25) is 9.59 Å². The molecule has 3 aromatic carbocycles. The van der Waals surface area contributed by atoms with Gasteiger partial charge in [0.2, 0.25) is 11.8 Å². The summed E-state index contributed by atoms with van der Waals surface area (Å²) in [5.41, 5.74) is 4.18. The van der Waals surface area contributed by atoms with Gasteiger partial charge in [0, 0.05) is 19.5 Å². The topological polar surface area (TPSA) is 80.1 Å². The molecular formula is C29H29N5O2. The van der Waals surface area contributed by atoms with Gasteiger partial charge in [-0.1, -0.05) is 84.9 Å². The fourth-order valence-electron chi connectivity index (χ4n) is 4.84. The molecule has 2 unspecified atom stereocenters. The molecule has 7 heteroatoms. The lowest BCUT2D eigenvalue weighted by Gasteiger charge is -2.41. The first kappa shape index (κ1) is 23.5. The summed E-state index contributed by atoms with van der Waals surface area (Å²) < 4.78 is 1.77. The first-order chi connectivity index (χ1) is 17.7. The van der Waals surface area contributed by atoms with Gasteiger partial charge in [-0.15, -0.1) is 0 Å². The van der Waals surface area contributed by atoms with Crippen molar-refractivity contribution in [1.29, 1.82) is 0 Å². The van der Waals surface area contributed by atoms with E-state index < -0.39 is 0 Å². The summed E-state index contributed by atoms with van der Waals surface area (Å²) in [6, 6.07) is 27.7. The fraction of sp³-hybridized carbons (Fsp3) is 0.241. The highest BCUT2D eigenvalue weighted by molar-refractivity contribution is 5.85. The maximum atomic E-state index is 13.5. The smallest absolute Gasteiger partial charge is 0.225 e. The van der Waals surface area contributed by atoms with Gasteiger partial charge in [-0.2, -0.15) is 5.10 Å². The Morgan fingerprint density at radius 2 is 1.53 bits per heavy atom. The van der Waals surface area contributed by atoms with Gasteiger partial charge in [-0.05, 0) is 28.7 Å². The summed E-state index contributed by atoms with van der Waals surface area (Å²) in [5.74, 6) is -0.263. The molecule has 1 aliphatic heterocycles. The van der Waals surface area contributed by atoms with Crippen LogP contribution in [0.1, 0.15) is 41.1 Å². The van der Waals surface area contributed by atoms with E-state index in [1.54, 1.807) is 11.0 Å². The van der Waals surface area contributed by atoms with Crippen LogP contribution in [0.3, 0.4) is 0 Å². The predicted octanol–water partition coefficient (Wildman–Crippen LogP) is 4.12. The van der Waals surface area contributed by atoms with Crippen molar-refractivity contribution < 1.29 is 9.59 Å². The van der Waals surface area contributed by atoms with E-state index in [2.05, 4.69) is 15.4 Å². The number of rotatable bonds is 8. The first-order valence-corrected chi connectivity index (χ1v) is 12.2. The summed E-state index contributed by atoms with van der Waals surface area (Å²) >= 11 is 0. The van der Waals surface area contributed by atoms with Crippen LogP contribution in [-0.2, 0) is 29.2 Å². The summed E-state index contributed by atoms with van der Waals surface area (Å²) in [4.78, 5) is 32.4. The highest BCUT2D eigenvalue weighted by Crippen LogP contribution is 2.38. The molecule has 2 heterocycles. The molecule has 2 atom stereocenters. The van der Waals surface area contributed by atoms with E-state index >= 15 is 0 Å². The van der Waals surface area contributed by atoms with Crippen LogP contribution in [0, 0.1) is 5.92 Å². The number of carbonyl (C=O) groups excluding carboxylic acids is 2. The molecule has 1 saturated heterocycles. The summed E-state index contributed by atoms with van der Waals surface area (Å²) in [7, 11) is 0. The molecule has 0 saturated carbocycles. The zero-order valence-electron chi connectivity index (χ0n) is 20.0. The minimum absolute atomic E-state index is 0.0268. The third-order valence-corrected chi connectivity index (χ3v) is 6.68. The van der Waals surface area contributed by atoms with Crippen LogP contribution in [0.5, 0.6) is 0 Å². The predicted molar refractivity (Wildman–Crippen MR) is 136 cm³/mol. The number of piperidine rings is 1. The number of nitrogens with one attached hydrogen (secondary N) is 1. The molecule has 4 aromatic rings. The lowest BCUT2D eigenvalue weighted by atomic mass is 9.83. The summed E-state index contributed by atoms with van der Waals surface area (Å²) in [5, 5.41) is 7.26. The largest absolute Gasteiger partial charge is 0.352 e. The number of benzene rings is 3. The third kappa shape index (κ3) is 5.51. The Bertz CT molecular complexity index is 1270. The number of nitrogens with zero attached hydrogens (tertiary/aromatic N) is 4. The highest BCUT2D eigenvalue weighted by Gasteiger charge is 2.40. The molecule has 0 radical (unpaired) electrons. The molecule has 1 fully saturated rings. The number of aromatic nitrogens is 3. The van der Waals surface area contributed by atoms with Crippen LogP contribution in [0.25, 0.3) is 0 Å². The Morgan fingerprint density at radius 3 is 2.22 bits per heavy atom. The maximum absolute atomic E-state index is 13.5. The molecule has 1 aliphatic rings. The van der Waals surface area contributed by atoms with E-state index in [1.807, 2.05) is 89.8 Å². The van der Waals surface area contributed by atoms with Crippen molar-refractivity contribution in [3.8, 4) is 0 Å². The van der Waals surface area contributed by atoms with Gasteiger partial charge >= 0.3 is 0 Å². The molecule has 0 bridgehead atoms. The zero-order valence-corrected chi connectivity index (χ0v) is 20.0. The lowest BCUT2D eigenvalue weighted by Crippen LogP contribution is -2.47. The van der Waals surface area contributed by atoms with Crippen molar-refractivity contribution in [2.45, 2.75) is 38.5 Å². The molecule has 0 aliphatic carbocycles. The maximum Gasteiger partial charge on any atom is 0.225 e. The molecule has 1 N–H and O–H groups in total. The normalized spacial score (nSPS) is 17.7. The Hall–Kier alpha value is -4.26. The van der Waals surface area contributed by atoms with Gasteiger partial charge in [0.1, 0.15) is 12.7 Å². The van der Waals surface area contributed by atoms with Crippen LogP contribution in [0.2, 0.25) is 0 Å². The standard InChI is InChI=1S/C29H29N5O2/c35-27-16-15-26(28(25-9-5-2-6-10-25)34(27)19-23-7-3-1-4-8-23)29(36)31-17-22-11-13-24(14-12-22)18-33-21-30-20-32-33/h1-14,20-21,26,28H,15-19H2,(H,31,36). The van der Waals surface area contributed by atoms with Crippen molar-refractivity contribution in [1.82, 2.24) is 25.0 Å². The molecule has 0 spiro atoms. The SMILES string of the molecule is O=C(NCc1ccc(Cn2cncn2)cc1)C1CCC(=O)N(Cc2ccccc2)C1c1ccccc1. The van der Waals surface area contributed by atoms with Crippen molar-refractivity contribution in [2.24, 2.45) is 5.92 Å². The molecule has 1 aromatic heterocycles. The lowest BCUT2D eigenvalue weighted by molar-refractivity contribution is -0.144. The molecule has 7 nitrogen and oxygen atoms in total. The van der Waals surface area contributed by atoms with Crippen LogP contribution in [0.4, 0.5) is 0 Å². The third-order valence-electron chi connectivity index (χ3n) is 6.68. The van der Waals surface area contributed by atoms with Crippen molar-refractivity contribution in [3.63, 3.8) is 0 Å². The molecule has 2 amide bonds. The zero-order chi connectivity index (χ0) is 24.7. The molecule has 36 heavy (non-hydrogen) atoms. The second-order valence-electron chi connectivity index (χ2n) is 9.14. The van der Waals surface area contributed by atoms with E-state index in [-0.39, 0.29) is 23.8 Å². The number of amides is 2. The fourth-order valence-corrected chi connectivity index (χ4v) is 4.84. The summed E-state index contributed by atoms with van der Waals surface area (Å²) in [6.07, 6.45) is 4.11. The molecule has 182 valence electrons. The Kier molecular flexibility index (Phi) is 7.17. The quantitative estimate of drug-likeness (QED) is 0.412. The van der Waals surface area contributed by atoms with E-state index in [0.717, 1.165) is 22.3 Å². The van der Waals surface area contributed by atoms with Crippen LogP contribution < -0.4 is 5.32 Å². The average molecular weight is 480 g/mol. The number of likely N-dealkylation sites (tertiary alicyclic amines) is 1. The van der Waals surface area contributed by atoms with Crippen LogP contribution >= 0.6 is 0 Å². The average Bonchev–Trinajstić information content (AvgIpc) is 3.43. The van der Waals surface area contributed by atoms with E-state index in [9.17, 15) is 9.59 Å². The van der Waals surface area contributed by atoms with E-state index in [1.165, 1.54) is 6.33 Å². The van der Waals surface area contributed by atoms with Crippen LogP contribution in [0.15, 0.2) is 97.6 Å². The summed E-state index contributed by atoms with van der Waals surface area (Å²) in [6.45, 7) is 1.57. The second kappa shape index (κ2) is 11.0. The van der Waals surface area contributed by atoms with Gasteiger partial charge in [0.25, 0.3) is 0 Å². The molecule has 5 rings (SSSR count). The monoisotopic (exact) mass is 479 g/mol. The number of hydrogen-bond donors (Lipinski definition) is 1. The van der Waals surface area contributed by atoms with Crippen molar-refractivity contribution >= 4 is 11.8 Å². The van der Waals surface area contributed by atoms with Gasteiger partial charge < -0.3 is 10.2 Å².